The van der Waals surface area contributed by atoms with E-state index in [1.54, 1.807) is 27.7 Å². The smallest absolute Gasteiger partial charge is 0.410 e. The van der Waals surface area contributed by atoms with Crippen LogP contribution in [0.3, 0.4) is 0 Å². The summed E-state index contributed by atoms with van der Waals surface area (Å²) in [6.07, 6.45) is 2.49. The molecule has 1 aliphatic heterocycles. The molecule has 0 bridgehead atoms. The van der Waals surface area contributed by atoms with Crippen molar-refractivity contribution in [1.82, 2.24) is 20.4 Å². The number of hydrogen-bond donors (Lipinski definition) is 3. The first-order chi connectivity index (χ1) is 18.5. The molecule has 0 aromatic heterocycles. The third-order valence-electron chi connectivity index (χ3n) is 7.65. The van der Waals surface area contributed by atoms with Gasteiger partial charge in [0.15, 0.2) is 0 Å². The van der Waals surface area contributed by atoms with E-state index in [4.69, 9.17) is 10.5 Å². The van der Waals surface area contributed by atoms with E-state index < -0.39 is 41.1 Å². The Kier molecular flexibility index (Phi) is 9.54. The Labute approximate surface area is 238 Å². The third-order valence-corrected chi connectivity index (χ3v) is 7.65. The molecule has 1 saturated heterocycles. The summed E-state index contributed by atoms with van der Waals surface area (Å²) < 4.78 is 5.38. The van der Waals surface area contributed by atoms with Crippen LogP contribution in [0.5, 0.6) is 0 Å². The first kappa shape index (κ1) is 31.4. The fraction of sp³-hybridized carbons (Fsp3) is 0.667. The van der Waals surface area contributed by atoms with E-state index in [9.17, 15) is 19.2 Å². The molecule has 0 spiro atoms. The molecule has 10 nitrogen and oxygen atoms in total. The van der Waals surface area contributed by atoms with Crippen molar-refractivity contribution in [3.8, 4) is 0 Å². The Morgan fingerprint density at radius 3 is 2.38 bits per heavy atom. The van der Waals surface area contributed by atoms with Crippen molar-refractivity contribution >= 4 is 23.8 Å². The lowest BCUT2D eigenvalue weighted by atomic mass is 9.85. The van der Waals surface area contributed by atoms with E-state index in [2.05, 4.69) is 16.7 Å². The van der Waals surface area contributed by atoms with Gasteiger partial charge in [0, 0.05) is 19.6 Å². The highest BCUT2D eigenvalue weighted by Gasteiger charge is 2.45. The van der Waals surface area contributed by atoms with E-state index in [0.717, 1.165) is 24.8 Å². The standard InChI is InChI=1S/C30H47N5O5/c1-18(34(8)28(39)40-30(5,6)7)25(36)33-24(29(2,3)4)27(38)35-17-20(31)16-23(35)26(37)32-22-15-11-13-19-12-9-10-14-21(19)22/h9-10,12,14,18,20,22-24H,11,13,15-17,31H2,1-8H3,(H,32,37)(H,33,36)/t18-,20-,22+,23?,24?/m0/s1. The molecule has 5 atom stereocenters. The van der Waals surface area contributed by atoms with Gasteiger partial charge in [-0.05, 0) is 69.9 Å². The van der Waals surface area contributed by atoms with Crippen molar-refractivity contribution in [1.29, 1.82) is 0 Å². The average Bonchev–Trinajstić information content (AvgIpc) is 3.26. The maximum absolute atomic E-state index is 14.0. The summed E-state index contributed by atoms with van der Waals surface area (Å²) >= 11 is 0. The SMILES string of the molecule is C[C@@H](C(=O)NC(C(=O)N1C[C@@H](N)CC1C(=O)N[C@@H]1CCCc2ccccc21)C(C)(C)C)N(C)C(=O)OC(C)(C)C. The number of nitrogens with zero attached hydrogens (tertiary/aromatic N) is 2. The van der Waals surface area contributed by atoms with Crippen LogP contribution < -0.4 is 16.4 Å². The number of aryl methyl sites for hydroxylation is 1. The predicted octanol–water partition coefficient (Wildman–Crippen LogP) is 2.89. The molecule has 1 aromatic rings. The maximum Gasteiger partial charge on any atom is 0.410 e. The van der Waals surface area contributed by atoms with Gasteiger partial charge in [0.1, 0.15) is 23.7 Å². The second-order valence-electron chi connectivity index (χ2n) is 13.2. The summed E-state index contributed by atoms with van der Waals surface area (Å²) in [6.45, 7) is 12.6. The fourth-order valence-electron chi connectivity index (χ4n) is 5.28. The van der Waals surface area contributed by atoms with Crippen molar-refractivity contribution in [2.75, 3.05) is 13.6 Å². The lowest BCUT2D eigenvalue weighted by Gasteiger charge is -2.37. The van der Waals surface area contributed by atoms with Crippen LogP contribution in [-0.4, -0.2) is 77.0 Å². The summed E-state index contributed by atoms with van der Waals surface area (Å²) in [5, 5.41) is 6.02. The number of carbonyl (C=O) groups is 4. The highest BCUT2D eigenvalue weighted by Crippen LogP contribution is 2.31. The molecule has 2 unspecified atom stereocenters. The molecule has 1 aromatic carbocycles. The van der Waals surface area contributed by atoms with Crippen LogP contribution in [0.15, 0.2) is 24.3 Å². The first-order valence-corrected chi connectivity index (χ1v) is 14.2. The monoisotopic (exact) mass is 557 g/mol. The number of rotatable bonds is 6. The van der Waals surface area contributed by atoms with Gasteiger partial charge in [0.05, 0.1) is 6.04 Å². The van der Waals surface area contributed by atoms with Gasteiger partial charge in [-0.1, -0.05) is 45.0 Å². The van der Waals surface area contributed by atoms with Crippen molar-refractivity contribution in [3.63, 3.8) is 0 Å². The zero-order valence-electron chi connectivity index (χ0n) is 25.2. The number of fused-ring (bicyclic) bond motifs is 1. The molecule has 1 fully saturated rings. The van der Waals surface area contributed by atoms with Crippen LogP contribution in [0.2, 0.25) is 0 Å². The molecular formula is C30H47N5O5. The predicted molar refractivity (Wildman–Crippen MR) is 153 cm³/mol. The number of benzene rings is 1. The number of likely N-dealkylation sites (tertiary alicyclic amines) is 1. The van der Waals surface area contributed by atoms with E-state index in [0.29, 0.717) is 6.42 Å². The molecule has 40 heavy (non-hydrogen) atoms. The summed E-state index contributed by atoms with van der Waals surface area (Å²) in [4.78, 5) is 56.0. The summed E-state index contributed by atoms with van der Waals surface area (Å²) in [7, 11) is 1.48. The Bertz CT molecular complexity index is 1110. The van der Waals surface area contributed by atoms with Gasteiger partial charge in [-0.25, -0.2) is 4.79 Å². The number of amides is 4. The Morgan fingerprint density at radius 1 is 1.10 bits per heavy atom. The molecule has 4 amide bonds. The highest BCUT2D eigenvalue weighted by atomic mass is 16.6. The van der Waals surface area contributed by atoms with E-state index in [1.807, 2.05) is 39.0 Å². The minimum atomic E-state index is -0.939. The molecule has 2 aliphatic rings. The first-order valence-electron chi connectivity index (χ1n) is 14.2. The minimum Gasteiger partial charge on any atom is -0.444 e. The van der Waals surface area contributed by atoms with Crippen LogP contribution in [0.4, 0.5) is 4.79 Å². The van der Waals surface area contributed by atoms with Gasteiger partial charge in [0.25, 0.3) is 0 Å². The second kappa shape index (κ2) is 12.2. The van der Waals surface area contributed by atoms with Gasteiger partial charge < -0.3 is 26.0 Å². The summed E-state index contributed by atoms with van der Waals surface area (Å²) in [5.41, 5.74) is 7.23. The van der Waals surface area contributed by atoms with Gasteiger partial charge >= 0.3 is 6.09 Å². The fourth-order valence-corrected chi connectivity index (χ4v) is 5.28. The van der Waals surface area contributed by atoms with E-state index >= 15 is 0 Å². The molecule has 0 saturated carbocycles. The number of hydrogen-bond acceptors (Lipinski definition) is 6. The van der Waals surface area contributed by atoms with Crippen LogP contribution in [0.1, 0.15) is 84.9 Å². The van der Waals surface area contributed by atoms with Crippen molar-refractivity contribution in [2.24, 2.45) is 11.1 Å². The van der Waals surface area contributed by atoms with Crippen LogP contribution in [0, 0.1) is 5.41 Å². The topological polar surface area (TPSA) is 134 Å². The Hall–Kier alpha value is -3.14. The third kappa shape index (κ3) is 7.53. The Balaban J connectivity index is 1.75. The summed E-state index contributed by atoms with van der Waals surface area (Å²) in [5.74, 6) is -1.10. The number of nitrogens with one attached hydrogen (secondary N) is 2. The van der Waals surface area contributed by atoms with Gasteiger partial charge in [-0.15, -0.1) is 0 Å². The van der Waals surface area contributed by atoms with E-state index in [-0.39, 0.29) is 30.4 Å². The van der Waals surface area contributed by atoms with Gasteiger partial charge in [-0.2, -0.15) is 0 Å². The molecule has 10 heteroatoms. The molecule has 4 N–H and O–H groups in total. The largest absolute Gasteiger partial charge is 0.444 e. The van der Waals surface area contributed by atoms with Crippen LogP contribution >= 0.6 is 0 Å². The van der Waals surface area contributed by atoms with Gasteiger partial charge in [0.2, 0.25) is 17.7 Å². The number of ether oxygens (including phenoxy) is 1. The quantitative estimate of drug-likeness (QED) is 0.493. The number of carbonyl (C=O) groups excluding carboxylic acids is 4. The number of likely N-dealkylation sites (N-methyl/N-ethyl adjacent to an activating group) is 1. The highest BCUT2D eigenvalue weighted by molar-refractivity contribution is 5.94. The van der Waals surface area contributed by atoms with Crippen LogP contribution in [0.25, 0.3) is 0 Å². The van der Waals surface area contributed by atoms with Crippen molar-refractivity contribution in [3.05, 3.63) is 35.4 Å². The van der Waals surface area contributed by atoms with Crippen LogP contribution in [-0.2, 0) is 25.5 Å². The number of nitrogens with two attached hydrogens (primary N) is 1. The van der Waals surface area contributed by atoms with Crippen molar-refractivity contribution in [2.45, 2.75) is 110 Å². The zero-order chi connectivity index (χ0) is 30.0. The normalized spacial score (nSPS) is 22.5. The second-order valence-corrected chi connectivity index (χ2v) is 13.2. The average molecular weight is 558 g/mol. The zero-order valence-corrected chi connectivity index (χ0v) is 25.2. The maximum atomic E-state index is 14.0. The lowest BCUT2D eigenvalue weighted by molar-refractivity contribution is -0.144. The summed E-state index contributed by atoms with van der Waals surface area (Å²) in [6, 6.07) is 5.08. The van der Waals surface area contributed by atoms with E-state index in [1.165, 1.54) is 22.4 Å². The molecule has 3 rings (SSSR count). The lowest BCUT2D eigenvalue weighted by Crippen LogP contribution is -2.60. The minimum absolute atomic E-state index is 0.117. The molecular weight excluding hydrogens is 510 g/mol. The molecule has 1 aliphatic carbocycles. The van der Waals surface area contributed by atoms with Gasteiger partial charge in [-0.3, -0.25) is 19.3 Å². The molecule has 1 heterocycles. The molecule has 222 valence electrons. The molecule has 0 radical (unpaired) electrons. The van der Waals surface area contributed by atoms with Crippen molar-refractivity contribution < 1.29 is 23.9 Å². The Morgan fingerprint density at radius 2 is 1.75 bits per heavy atom.